The van der Waals surface area contributed by atoms with E-state index in [9.17, 15) is 4.79 Å². The van der Waals surface area contributed by atoms with Crippen LogP contribution in [0.3, 0.4) is 0 Å². The molecule has 1 saturated heterocycles. The lowest BCUT2D eigenvalue weighted by Gasteiger charge is -2.32. The van der Waals surface area contributed by atoms with Gasteiger partial charge in [0, 0.05) is 29.4 Å². The van der Waals surface area contributed by atoms with Crippen molar-refractivity contribution in [3.05, 3.63) is 65.3 Å². The molecule has 0 unspecified atom stereocenters. The molecule has 35 heavy (non-hydrogen) atoms. The van der Waals surface area contributed by atoms with Crippen LogP contribution in [-0.2, 0) is 4.79 Å². The maximum atomic E-state index is 13.3. The lowest BCUT2D eigenvalue weighted by molar-refractivity contribution is -0.120. The van der Waals surface area contributed by atoms with E-state index in [-0.39, 0.29) is 11.8 Å². The Kier molecular flexibility index (Phi) is 5.70. The smallest absolute Gasteiger partial charge is 0.227 e. The van der Waals surface area contributed by atoms with E-state index < -0.39 is 0 Å². The number of aromatic nitrogens is 3. The Morgan fingerprint density at radius 1 is 1.00 bits per heavy atom. The molecule has 3 aromatic heterocycles. The largest absolute Gasteiger partial charge is 0.356 e. The van der Waals surface area contributed by atoms with Crippen LogP contribution in [0.4, 0.5) is 11.5 Å². The monoisotopic (exact) mass is 499 g/mol. The summed E-state index contributed by atoms with van der Waals surface area (Å²) < 4.78 is 1.14. The molecule has 1 fully saturated rings. The van der Waals surface area contributed by atoms with Crippen LogP contribution in [0, 0.1) is 19.8 Å². The minimum Gasteiger partial charge on any atom is -0.356 e. The number of rotatable bonds is 4. The van der Waals surface area contributed by atoms with Crippen molar-refractivity contribution < 1.29 is 4.79 Å². The molecule has 6 rings (SSSR count). The van der Waals surface area contributed by atoms with E-state index in [2.05, 4.69) is 40.1 Å². The van der Waals surface area contributed by atoms with Gasteiger partial charge in [-0.1, -0.05) is 24.3 Å². The van der Waals surface area contributed by atoms with E-state index in [1.165, 1.54) is 10.4 Å². The predicted octanol–water partition coefficient (Wildman–Crippen LogP) is 6.44. The molecule has 0 bridgehead atoms. The Labute approximate surface area is 211 Å². The first-order chi connectivity index (χ1) is 17.1. The minimum atomic E-state index is -0.0303. The fourth-order valence-electron chi connectivity index (χ4n) is 4.76. The van der Waals surface area contributed by atoms with Gasteiger partial charge in [0.25, 0.3) is 0 Å². The van der Waals surface area contributed by atoms with Gasteiger partial charge in [-0.15, -0.1) is 22.7 Å². The Morgan fingerprint density at radius 3 is 2.60 bits per heavy atom. The molecule has 0 radical (unpaired) electrons. The molecule has 5 aromatic rings. The van der Waals surface area contributed by atoms with Crippen molar-refractivity contribution in [3.8, 4) is 10.6 Å². The highest BCUT2D eigenvalue weighted by Gasteiger charge is 2.28. The molecule has 8 heteroatoms. The van der Waals surface area contributed by atoms with Crippen molar-refractivity contribution in [1.82, 2.24) is 15.0 Å². The third-order valence-corrected chi connectivity index (χ3v) is 9.00. The number of piperidine rings is 1. The number of thiazole rings is 1. The molecule has 0 atom stereocenters. The van der Waals surface area contributed by atoms with Gasteiger partial charge in [0.05, 0.1) is 21.3 Å². The quantitative estimate of drug-likeness (QED) is 0.308. The molecule has 2 aromatic carbocycles. The molecular weight excluding hydrogens is 474 g/mol. The summed E-state index contributed by atoms with van der Waals surface area (Å²) in [6.45, 7) is 5.88. The van der Waals surface area contributed by atoms with Gasteiger partial charge in [0.2, 0.25) is 5.91 Å². The van der Waals surface area contributed by atoms with Gasteiger partial charge >= 0.3 is 0 Å². The van der Waals surface area contributed by atoms with Crippen LogP contribution in [0.2, 0.25) is 0 Å². The van der Waals surface area contributed by atoms with Crippen LogP contribution in [0.25, 0.3) is 31.0 Å². The van der Waals surface area contributed by atoms with Crippen LogP contribution < -0.4 is 10.2 Å². The Morgan fingerprint density at radius 2 is 1.77 bits per heavy atom. The number of aryl methyl sites for hydroxylation is 2. The standard InChI is InChI=1S/C27H25N5OS2/c1-16-17(2)34-27-23(16)24(28-15-29-27)32-13-11-18(12-14-32)25(33)30-20-8-4-3-7-19(20)26-31-21-9-5-6-10-22(21)35-26/h3-10,15,18H,11-14H2,1-2H3,(H,30,33). The van der Waals surface area contributed by atoms with Crippen molar-refractivity contribution >= 4 is 60.5 Å². The highest BCUT2D eigenvalue weighted by molar-refractivity contribution is 7.21. The van der Waals surface area contributed by atoms with E-state index in [0.717, 1.165) is 68.4 Å². The Balaban J connectivity index is 1.18. The molecule has 176 valence electrons. The summed E-state index contributed by atoms with van der Waals surface area (Å²) >= 11 is 3.37. The third-order valence-electron chi connectivity index (χ3n) is 6.82. The van der Waals surface area contributed by atoms with E-state index in [4.69, 9.17) is 4.98 Å². The van der Waals surface area contributed by atoms with E-state index in [1.54, 1.807) is 29.0 Å². The molecule has 1 N–H and O–H groups in total. The fraction of sp³-hybridized carbons (Fsp3) is 0.259. The number of hydrogen-bond acceptors (Lipinski definition) is 7. The van der Waals surface area contributed by atoms with Crippen molar-refractivity contribution in [2.75, 3.05) is 23.3 Å². The maximum absolute atomic E-state index is 13.3. The van der Waals surface area contributed by atoms with E-state index in [0.29, 0.717) is 0 Å². The summed E-state index contributed by atoms with van der Waals surface area (Å²) in [5.41, 5.74) is 4.02. The van der Waals surface area contributed by atoms with Crippen LogP contribution in [-0.4, -0.2) is 33.9 Å². The van der Waals surface area contributed by atoms with Crippen molar-refractivity contribution in [3.63, 3.8) is 0 Å². The second-order valence-corrected chi connectivity index (χ2v) is 11.2. The number of fused-ring (bicyclic) bond motifs is 2. The zero-order chi connectivity index (χ0) is 23.9. The summed E-state index contributed by atoms with van der Waals surface area (Å²) in [7, 11) is 0. The average Bonchev–Trinajstić information content (AvgIpc) is 3.45. The van der Waals surface area contributed by atoms with Crippen LogP contribution in [0.1, 0.15) is 23.3 Å². The zero-order valence-corrected chi connectivity index (χ0v) is 21.2. The van der Waals surface area contributed by atoms with E-state index in [1.807, 2.05) is 42.5 Å². The first-order valence-electron chi connectivity index (χ1n) is 11.8. The SMILES string of the molecule is Cc1sc2ncnc(N3CCC(C(=O)Nc4ccccc4-c4nc5ccccc5s4)CC3)c2c1C. The normalized spacial score (nSPS) is 14.6. The number of nitrogens with one attached hydrogen (secondary N) is 1. The molecule has 1 aliphatic heterocycles. The first kappa shape index (κ1) is 22.1. The topological polar surface area (TPSA) is 71.0 Å². The molecular formula is C27H25N5OS2. The van der Waals surface area contributed by atoms with Crippen molar-refractivity contribution in [1.29, 1.82) is 0 Å². The zero-order valence-electron chi connectivity index (χ0n) is 19.6. The molecule has 0 spiro atoms. The lowest BCUT2D eigenvalue weighted by Crippen LogP contribution is -2.38. The number of para-hydroxylation sites is 2. The lowest BCUT2D eigenvalue weighted by atomic mass is 9.95. The van der Waals surface area contributed by atoms with Gasteiger partial charge < -0.3 is 10.2 Å². The highest BCUT2D eigenvalue weighted by atomic mass is 32.1. The minimum absolute atomic E-state index is 0.0303. The van der Waals surface area contributed by atoms with Crippen molar-refractivity contribution in [2.24, 2.45) is 5.92 Å². The summed E-state index contributed by atoms with van der Waals surface area (Å²) in [6.07, 6.45) is 3.25. The van der Waals surface area contributed by atoms with Gasteiger partial charge in [-0.3, -0.25) is 4.79 Å². The second-order valence-electron chi connectivity index (χ2n) is 8.94. The predicted molar refractivity (Wildman–Crippen MR) is 146 cm³/mol. The van der Waals surface area contributed by atoms with Gasteiger partial charge in [-0.05, 0) is 56.5 Å². The van der Waals surface area contributed by atoms with Crippen LogP contribution in [0.5, 0.6) is 0 Å². The number of nitrogens with zero attached hydrogens (tertiary/aromatic N) is 4. The summed E-state index contributed by atoms with van der Waals surface area (Å²) in [4.78, 5) is 31.8. The highest BCUT2D eigenvalue weighted by Crippen LogP contribution is 2.37. The number of amides is 1. The molecule has 0 saturated carbocycles. The molecule has 4 heterocycles. The number of benzene rings is 2. The Hall–Kier alpha value is -3.36. The number of hydrogen-bond donors (Lipinski definition) is 1. The second kappa shape index (κ2) is 9.02. The maximum Gasteiger partial charge on any atom is 0.227 e. The molecule has 1 aliphatic rings. The van der Waals surface area contributed by atoms with Crippen LogP contribution in [0.15, 0.2) is 54.9 Å². The molecule has 1 amide bonds. The Bertz CT molecular complexity index is 1520. The number of thiophene rings is 1. The van der Waals surface area contributed by atoms with Crippen molar-refractivity contribution in [2.45, 2.75) is 26.7 Å². The third kappa shape index (κ3) is 4.06. The molecule has 0 aliphatic carbocycles. The number of carbonyl (C=O) groups is 1. The first-order valence-corrected chi connectivity index (χ1v) is 13.4. The fourth-order valence-corrected chi connectivity index (χ4v) is 6.75. The van der Waals surface area contributed by atoms with Gasteiger partial charge in [0.1, 0.15) is 22.0 Å². The summed E-state index contributed by atoms with van der Waals surface area (Å²) in [5.74, 6) is 1.04. The van der Waals surface area contributed by atoms with E-state index >= 15 is 0 Å². The average molecular weight is 500 g/mol. The summed E-state index contributed by atoms with van der Waals surface area (Å²) in [5, 5.41) is 5.28. The van der Waals surface area contributed by atoms with Crippen LogP contribution >= 0.6 is 22.7 Å². The summed E-state index contributed by atoms with van der Waals surface area (Å²) in [6, 6.07) is 16.1. The van der Waals surface area contributed by atoms with Gasteiger partial charge in [0.15, 0.2) is 0 Å². The van der Waals surface area contributed by atoms with Gasteiger partial charge in [-0.2, -0.15) is 0 Å². The number of anilines is 2. The molecule has 6 nitrogen and oxygen atoms in total. The number of carbonyl (C=O) groups excluding carboxylic acids is 1. The van der Waals surface area contributed by atoms with Gasteiger partial charge in [-0.25, -0.2) is 15.0 Å².